The van der Waals surface area contributed by atoms with E-state index in [0.29, 0.717) is 42.3 Å². The highest BCUT2D eigenvalue weighted by atomic mass is 35.5. The number of amides is 1. The monoisotopic (exact) mass is 462 g/mol. The molecule has 0 saturated carbocycles. The topological polar surface area (TPSA) is 54.6 Å². The average molecular weight is 464 g/mol. The molecule has 2 aromatic carbocycles. The molecule has 1 aromatic heterocycles. The summed E-state index contributed by atoms with van der Waals surface area (Å²) in [6.45, 7) is 1.90. The molecule has 146 valence electrons. The van der Waals surface area contributed by atoms with Gasteiger partial charge in [-0.15, -0.1) is 0 Å². The smallest absolute Gasteiger partial charge is 0.264 e. The summed E-state index contributed by atoms with van der Waals surface area (Å²) < 4.78 is 5.83. The van der Waals surface area contributed by atoms with E-state index in [2.05, 4.69) is 10.3 Å². The highest BCUT2D eigenvalue weighted by Gasteiger charge is 2.24. The van der Waals surface area contributed by atoms with Crippen LogP contribution in [0, 0.1) is 6.92 Å². The lowest BCUT2D eigenvalue weighted by Gasteiger charge is -2.00. The fourth-order valence-corrected chi connectivity index (χ4v) is 4.13. The number of aliphatic imine (C=N–C) groups is 1. The van der Waals surface area contributed by atoms with Gasteiger partial charge >= 0.3 is 0 Å². The van der Waals surface area contributed by atoms with Crippen LogP contribution in [0.1, 0.15) is 11.3 Å². The number of hydrogen-bond donors (Lipinski definition) is 1. The van der Waals surface area contributed by atoms with Crippen LogP contribution in [0.4, 0.5) is 5.69 Å². The van der Waals surface area contributed by atoms with Crippen LogP contribution in [0.15, 0.2) is 62.8 Å². The van der Waals surface area contributed by atoms with Crippen LogP contribution >= 0.6 is 46.6 Å². The van der Waals surface area contributed by atoms with Crippen molar-refractivity contribution in [1.82, 2.24) is 5.32 Å². The summed E-state index contributed by atoms with van der Waals surface area (Å²) in [6, 6.07) is 14.2. The Kier molecular flexibility index (Phi) is 5.74. The fourth-order valence-electron chi connectivity index (χ4n) is 2.69. The number of rotatable bonds is 3. The van der Waals surface area contributed by atoms with Crippen LogP contribution in [0.3, 0.4) is 0 Å². The zero-order valence-corrected chi connectivity index (χ0v) is 18.1. The molecule has 0 bridgehead atoms. The molecule has 0 aliphatic carbocycles. The van der Waals surface area contributed by atoms with Crippen LogP contribution in [0.5, 0.6) is 0 Å². The van der Waals surface area contributed by atoms with Crippen molar-refractivity contribution in [2.24, 2.45) is 4.99 Å². The Labute approximate surface area is 186 Å². The lowest BCUT2D eigenvalue weighted by atomic mass is 10.2. The molecule has 8 heteroatoms. The van der Waals surface area contributed by atoms with Crippen LogP contribution in [0.25, 0.3) is 17.4 Å². The first kappa shape index (κ1) is 20.1. The summed E-state index contributed by atoms with van der Waals surface area (Å²) in [5, 5.41) is 4.97. The van der Waals surface area contributed by atoms with Crippen molar-refractivity contribution < 1.29 is 9.21 Å². The van der Waals surface area contributed by atoms with E-state index >= 15 is 0 Å². The minimum absolute atomic E-state index is 0.234. The van der Waals surface area contributed by atoms with Crippen LogP contribution in [-0.4, -0.2) is 11.1 Å². The Bertz CT molecular complexity index is 1180. The van der Waals surface area contributed by atoms with Gasteiger partial charge < -0.3 is 9.73 Å². The quantitative estimate of drug-likeness (QED) is 0.421. The summed E-state index contributed by atoms with van der Waals surface area (Å²) in [5.74, 6) is 0.890. The van der Waals surface area contributed by atoms with Gasteiger partial charge in [-0.05, 0) is 72.8 Å². The number of benzene rings is 2. The highest BCUT2D eigenvalue weighted by molar-refractivity contribution is 8.18. The molecule has 0 radical (unpaired) electrons. The fraction of sp³-hybridized carbons (Fsp3) is 0.0476. The standard InChI is InChI=1S/C21H13Cl3N2O2S/c1-11-8-13(3-6-16(11)23)25-21-26-20(27)19(29-21)10-14-4-7-18(28-14)15-5-2-12(22)9-17(15)24/h2-10H,1H3,(H,25,26,27). The number of nitrogens with one attached hydrogen (secondary N) is 1. The van der Waals surface area contributed by atoms with Gasteiger partial charge in [0.25, 0.3) is 5.91 Å². The maximum absolute atomic E-state index is 12.3. The summed E-state index contributed by atoms with van der Waals surface area (Å²) in [4.78, 5) is 17.2. The normalized spacial score (nSPS) is 16.6. The van der Waals surface area contributed by atoms with Crippen molar-refractivity contribution in [3.05, 3.63) is 79.8 Å². The maximum Gasteiger partial charge on any atom is 0.264 e. The Morgan fingerprint density at radius 3 is 2.62 bits per heavy atom. The number of aryl methyl sites for hydroxylation is 1. The van der Waals surface area contributed by atoms with Crippen molar-refractivity contribution in [3.8, 4) is 11.3 Å². The third kappa shape index (κ3) is 4.54. The number of halogens is 3. The summed E-state index contributed by atoms with van der Waals surface area (Å²) >= 11 is 19.5. The minimum Gasteiger partial charge on any atom is -0.457 e. The van der Waals surface area contributed by atoms with Gasteiger partial charge in [-0.1, -0.05) is 34.8 Å². The molecule has 4 nitrogen and oxygen atoms in total. The minimum atomic E-state index is -0.234. The van der Waals surface area contributed by atoms with Crippen molar-refractivity contribution in [2.75, 3.05) is 0 Å². The predicted molar refractivity (Wildman–Crippen MR) is 121 cm³/mol. The van der Waals surface area contributed by atoms with E-state index < -0.39 is 0 Å². The molecule has 29 heavy (non-hydrogen) atoms. The molecular weight excluding hydrogens is 451 g/mol. The number of amidine groups is 1. The zero-order chi connectivity index (χ0) is 20.5. The molecule has 2 heterocycles. The van der Waals surface area contributed by atoms with Gasteiger partial charge in [-0.2, -0.15) is 0 Å². The Morgan fingerprint density at radius 2 is 1.86 bits per heavy atom. The van der Waals surface area contributed by atoms with E-state index in [1.807, 2.05) is 13.0 Å². The molecule has 1 aliphatic heterocycles. The molecule has 1 amide bonds. The lowest BCUT2D eigenvalue weighted by molar-refractivity contribution is -0.115. The molecule has 0 unspecified atom stereocenters. The van der Waals surface area contributed by atoms with Crippen LogP contribution < -0.4 is 5.32 Å². The van der Waals surface area contributed by atoms with Gasteiger partial charge in [0.1, 0.15) is 11.5 Å². The van der Waals surface area contributed by atoms with Crippen molar-refractivity contribution in [2.45, 2.75) is 6.92 Å². The first-order chi connectivity index (χ1) is 13.9. The summed E-state index contributed by atoms with van der Waals surface area (Å²) in [5.41, 5.74) is 2.36. The third-order valence-electron chi connectivity index (χ3n) is 4.12. The van der Waals surface area contributed by atoms with Crippen molar-refractivity contribution in [3.63, 3.8) is 0 Å². The maximum atomic E-state index is 12.3. The number of carbonyl (C=O) groups is 1. The van der Waals surface area contributed by atoms with Gasteiger partial charge in [-0.25, -0.2) is 4.99 Å². The van der Waals surface area contributed by atoms with Crippen molar-refractivity contribution >= 4 is 69.4 Å². The van der Waals surface area contributed by atoms with E-state index in [4.69, 9.17) is 39.2 Å². The first-order valence-corrected chi connectivity index (χ1v) is 10.4. The van der Waals surface area contributed by atoms with Gasteiger partial charge in [0.2, 0.25) is 0 Å². The molecule has 4 rings (SSSR count). The number of furan rings is 1. The molecule has 1 saturated heterocycles. The number of thioether (sulfide) groups is 1. The first-order valence-electron chi connectivity index (χ1n) is 8.50. The summed E-state index contributed by atoms with van der Waals surface area (Å²) in [7, 11) is 0. The van der Waals surface area contributed by atoms with E-state index in [1.165, 1.54) is 11.8 Å². The van der Waals surface area contributed by atoms with Crippen molar-refractivity contribution in [1.29, 1.82) is 0 Å². The molecular formula is C21H13Cl3N2O2S. The number of hydrogen-bond acceptors (Lipinski definition) is 4. The average Bonchev–Trinajstić information content (AvgIpc) is 3.25. The molecule has 0 spiro atoms. The second-order valence-electron chi connectivity index (χ2n) is 6.24. The summed E-state index contributed by atoms with van der Waals surface area (Å²) in [6.07, 6.45) is 1.67. The molecule has 3 aromatic rings. The van der Waals surface area contributed by atoms with E-state index in [-0.39, 0.29) is 5.91 Å². The molecule has 1 aliphatic rings. The van der Waals surface area contributed by atoms with Gasteiger partial charge in [-0.3, -0.25) is 4.79 Å². The molecule has 0 atom stereocenters. The Balaban J connectivity index is 1.56. The van der Waals surface area contributed by atoms with E-state index in [0.717, 1.165) is 11.1 Å². The van der Waals surface area contributed by atoms with Gasteiger partial charge in [0.15, 0.2) is 5.17 Å². The molecule has 1 fully saturated rings. The SMILES string of the molecule is Cc1cc(N=C2NC(=O)C(=Cc3ccc(-c4ccc(Cl)cc4Cl)o3)S2)ccc1Cl. The zero-order valence-electron chi connectivity index (χ0n) is 15.0. The molecule has 1 N–H and O–H groups in total. The van der Waals surface area contributed by atoms with Crippen LogP contribution in [0.2, 0.25) is 15.1 Å². The predicted octanol–water partition coefficient (Wildman–Crippen LogP) is 7.11. The Morgan fingerprint density at radius 1 is 1.03 bits per heavy atom. The van der Waals surface area contributed by atoms with E-state index in [9.17, 15) is 4.79 Å². The number of nitrogens with zero attached hydrogens (tertiary/aromatic N) is 1. The third-order valence-corrected chi connectivity index (χ3v) is 6.00. The largest absolute Gasteiger partial charge is 0.457 e. The lowest BCUT2D eigenvalue weighted by Crippen LogP contribution is -2.19. The van der Waals surface area contributed by atoms with Crippen LogP contribution in [-0.2, 0) is 4.79 Å². The number of carbonyl (C=O) groups excluding carboxylic acids is 1. The van der Waals surface area contributed by atoms with Gasteiger partial charge in [0, 0.05) is 21.7 Å². The van der Waals surface area contributed by atoms with E-state index in [1.54, 1.807) is 48.5 Å². The Hall–Kier alpha value is -2.18. The highest BCUT2D eigenvalue weighted by Crippen LogP contribution is 2.34. The second-order valence-corrected chi connectivity index (χ2v) is 8.52. The second kappa shape index (κ2) is 8.28. The van der Waals surface area contributed by atoms with Gasteiger partial charge in [0.05, 0.1) is 15.6 Å².